The number of carbonyl (C=O) groups is 1. The molecule has 0 N–H and O–H groups in total. The molecule has 2 nitrogen and oxygen atoms in total. The third-order valence-electron chi connectivity index (χ3n) is 3.55. The minimum Gasteiger partial charge on any atom is -0.482 e. The van der Waals surface area contributed by atoms with Gasteiger partial charge in [-0.2, -0.15) is 0 Å². The maximum Gasteiger partial charge on any atom is 0.202 e. The number of benzene rings is 3. The van der Waals surface area contributed by atoms with Crippen LogP contribution in [0.5, 0.6) is 5.75 Å². The molecule has 0 saturated heterocycles. The predicted octanol–water partition coefficient (Wildman–Crippen LogP) is 4.63. The van der Waals surface area contributed by atoms with Gasteiger partial charge in [0.05, 0.1) is 0 Å². The summed E-state index contributed by atoms with van der Waals surface area (Å²) in [6, 6.07) is 19.1. The molecule has 0 aliphatic heterocycles. The molecule has 0 aliphatic rings. The smallest absolute Gasteiger partial charge is 0.202 e. The molecule has 3 aromatic rings. The Labute approximate surface area is 128 Å². The second-order valence-corrected chi connectivity index (χ2v) is 5.11. The largest absolute Gasteiger partial charge is 0.482 e. The van der Waals surface area contributed by atoms with Crippen LogP contribution in [0.15, 0.2) is 66.7 Å². The van der Waals surface area contributed by atoms with Gasteiger partial charge in [-0.1, -0.05) is 36.4 Å². The fourth-order valence-corrected chi connectivity index (χ4v) is 2.39. The van der Waals surface area contributed by atoms with Crippen molar-refractivity contribution >= 4 is 16.6 Å². The predicted molar refractivity (Wildman–Crippen MR) is 84.8 cm³/mol. The number of carbonyl (C=O) groups excluding carboxylic acids is 1. The lowest BCUT2D eigenvalue weighted by Crippen LogP contribution is -2.24. The number of Topliss-reactive ketones (excluding diaryl/α,β-unsaturated/α-hetero) is 1. The maximum atomic E-state index is 12.9. The number of hydrogen-bond acceptors (Lipinski definition) is 2. The van der Waals surface area contributed by atoms with E-state index in [-0.39, 0.29) is 11.6 Å². The number of rotatable bonds is 4. The molecule has 0 fully saturated rings. The zero-order chi connectivity index (χ0) is 15.5. The highest BCUT2D eigenvalue weighted by molar-refractivity contribution is 5.99. The zero-order valence-corrected chi connectivity index (χ0v) is 12.1. The number of hydrogen-bond donors (Lipinski definition) is 0. The van der Waals surface area contributed by atoms with Gasteiger partial charge in [-0.05, 0) is 42.6 Å². The first-order valence-electron chi connectivity index (χ1n) is 7.09. The van der Waals surface area contributed by atoms with Crippen LogP contribution in [0.1, 0.15) is 17.3 Å². The molecule has 0 amide bonds. The Morgan fingerprint density at radius 2 is 1.64 bits per heavy atom. The molecule has 0 unspecified atom stereocenters. The number of ketones is 1. The van der Waals surface area contributed by atoms with E-state index in [4.69, 9.17) is 4.74 Å². The molecule has 0 radical (unpaired) electrons. The van der Waals surface area contributed by atoms with Gasteiger partial charge in [-0.15, -0.1) is 0 Å². The molecular weight excluding hydrogens is 279 g/mol. The van der Waals surface area contributed by atoms with Crippen LogP contribution >= 0.6 is 0 Å². The van der Waals surface area contributed by atoms with Crippen molar-refractivity contribution in [3.05, 3.63) is 78.1 Å². The van der Waals surface area contributed by atoms with E-state index in [0.29, 0.717) is 11.3 Å². The van der Waals surface area contributed by atoms with Crippen molar-refractivity contribution in [2.45, 2.75) is 13.0 Å². The summed E-state index contributed by atoms with van der Waals surface area (Å²) in [5.74, 6) is 0.133. The molecule has 0 heterocycles. The summed E-state index contributed by atoms with van der Waals surface area (Å²) >= 11 is 0. The van der Waals surface area contributed by atoms with Gasteiger partial charge in [0.1, 0.15) is 11.6 Å². The topological polar surface area (TPSA) is 26.3 Å². The summed E-state index contributed by atoms with van der Waals surface area (Å²) in [5.41, 5.74) is 0.439. The molecule has 3 heteroatoms. The summed E-state index contributed by atoms with van der Waals surface area (Å²) < 4.78 is 18.8. The minimum atomic E-state index is -0.642. The quantitative estimate of drug-likeness (QED) is 0.656. The molecule has 0 aromatic heterocycles. The lowest BCUT2D eigenvalue weighted by Gasteiger charge is -2.15. The van der Waals surface area contributed by atoms with E-state index < -0.39 is 6.10 Å². The van der Waals surface area contributed by atoms with E-state index in [0.717, 1.165) is 10.8 Å². The Morgan fingerprint density at radius 1 is 0.955 bits per heavy atom. The summed E-state index contributed by atoms with van der Waals surface area (Å²) in [6.07, 6.45) is -0.642. The molecule has 0 aliphatic carbocycles. The molecule has 3 aromatic carbocycles. The molecule has 22 heavy (non-hydrogen) atoms. The van der Waals surface area contributed by atoms with Crippen LogP contribution in [-0.4, -0.2) is 11.9 Å². The van der Waals surface area contributed by atoms with Crippen LogP contribution < -0.4 is 4.74 Å². The van der Waals surface area contributed by atoms with E-state index in [9.17, 15) is 9.18 Å². The molecule has 0 saturated carbocycles. The van der Waals surface area contributed by atoms with Gasteiger partial charge < -0.3 is 4.74 Å². The summed E-state index contributed by atoms with van der Waals surface area (Å²) in [5, 5.41) is 2.02. The van der Waals surface area contributed by atoms with Crippen LogP contribution in [0.2, 0.25) is 0 Å². The Hall–Kier alpha value is -2.68. The maximum absolute atomic E-state index is 12.9. The Morgan fingerprint density at radius 3 is 2.41 bits per heavy atom. The average molecular weight is 294 g/mol. The summed E-state index contributed by atoms with van der Waals surface area (Å²) in [7, 11) is 0. The Bertz CT molecular complexity index is 804. The van der Waals surface area contributed by atoms with Crippen LogP contribution in [0.3, 0.4) is 0 Å². The molecule has 3 rings (SSSR count). The van der Waals surface area contributed by atoms with Gasteiger partial charge in [0.25, 0.3) is 0 Å². The monoisotopic (exact) mass is 294 g/mol. The second-order valence-electron chi connectivity index (χ2n) is 5.11. The molecule has 0 bridgehead atoms. The van der Waals surface area contributed by atoms with Crippen molar-refractivity contribution in [1.82, 2.24) is 0 Å². The number of fused-ring (bicyclic) bond motifs is 1. The molecule has 1 atom stereocenters. The summed E-state index contributed by atoms with van der Waals surface area (Å²) in [4.78, 5) is 12.3. The van der Waals surface area contributed by atoms with Gasteiger partial charge in [0.15, 0.2) is 6.10 Å². The highest BCUT2D eigenvalue weighted by Gasteiger charge is 2.17. The average Bonchev–Trinajstić information content (AvgIpc) is 2.55. The third kappa shape index (κ3) is 2.84. The zero-order valence-electron chi connectivity index (χ0n) is 12.1. The number of halogens is 1. The lowest BCUT2D eigenvalue weighted by molar-refractivity contribution is 0.0820. The Balaban J connectivity index is 1.85. The molecular formula is C19H15FO2. The molecule has 110 valence electrons. The normalized spacial score (nSPS) is 12.1. The van der Waals surface area contributed by atoms with Crippen molar-refractivity contribution in [3.63, 3.8) is 0 Å². The lowest BCUT2D eigenvalue weighted by atomic mass is 10.1. The Kier molecular flexibility index (Phi) is 3.88. The van der Waals surface area contributed by atoms with E-state index in [2.05, 4.69) is 0 Å². The SMILES string of the molecule is C[C@@H](Oc1cccc2ccccc12)C(=O)c1ccc(F)cc1. The van der Waals surface area contributed by atoms with E-state index >= 15 is 0 Å². The van der Waals surface area contributed by atoms with Crippen LogP contribution in [-0.2, 0) is 0 Å². The fraction of sp³-hybridized carbons (Fsp3) is 0.105. The van der Waals surface area contributed by atoms with Crippen molar-refractivity contribution in [2.75, 3.05) is 0 Å². The van der Waals surface area contributed by atoms with Gasteiger partial charge in [-0.25, -0.2) is 4.39 Å². The number of ether oxygens (including phenoxy) is 1. The van der Waals surface area contributed by atoms with Crippen molar-refractivity contribution < 1.29 is 13.9 Å². The van der Waals surface area contributed by atoms with E-state index in [1.54, 1.807) is 6.92 Å². The van der Waals surface area contributed by atoms with Crippen molar-refractivity contribution in [2.24, 2.45) is 0 Å². The standard InChI is InChI=1S/C19H15FO2/c1-13(19(21)15-9-11-16(20)12-10-15)22-18-8-4-6-14-5-2-3-7-17(14)18/h2-13H,1H3/t13-/m1/s1. The van der Waals surface area contributed by atoms with Gasteiger partial charge in [-0.3, -0.25) is 4.79 Å². The minimum absolute atomic E-state index is 0.173. The second kappa shape index (κ2) is 5.98. The first-order valence-corrected chi connectivity index (χ1v) is 7.09. The van der Waals surface area contributed by atoms with E-state index in [1.165, 1.54) is 24.3 Å². The summed E-state index contributed by atoms with van der Waals surface area (Å²) in [6.45, 7) is 1.70. The van der Waals surface area contributed by atoms with Gasteiger partial charge in [0, 0.05) is 10.9 Å². The first-order chi connectivity index (χ1) is 10.6. The molecule has 0 spiro atoms. The van der Waals surface area contributed by atoms with Crippen molar-refractivity contribution in [1.29, 1.82) is 0 Å². The fourth-order valence-electron chi connectivity index (χ4n) is 2.39. The van der Waals surface area contributed by atoms with Crippen LogP contribution in [0.4, 0.5) is 4.39 Å². The highest BCUT2D eigenvalue weighted by Crippen LogP contribution is 2.26. The van der Waals surface area contributed by atoms with Crippen molar-refractivity contribution in [3.8, 4) is 5.75 Å². The van der Waals surface area contributed by atoms with Crippen LogP contribution in [0.25, 0.3) is 10.8 Å². The van der Waals surface area contributed by atoms with E-state index in [1.807, 2.05) is 42.5 Å². The van der Waals surface area contributed by atoms with Gasteiger partial charge in [0.2, 0.25) is 5.78 Å². The van der Waals surface area contributed by atoms with Crippen LogP contribution in [0, 0.1) is 5.82 Å². The first kappa shape index (κ1) is 14.3. The third-order valence-corrected chi connectivity index (χ3v) is 3.55. The van der Waals surface area contributed by atoms with Gasteiger partial charge >= 0.3 is 0 Å². The highest BCUT2D eigenvalue weighted by atomic mass is 19.1.